The molecule has 1 aliphatic rings. The Morgan fingerprint density at radius 3 is 2.79 bits per heavy atom. The van der Waals surface area contributed by atoms with Crippen LogP contribution in [0, 0.1) is 11.8 Å². The molecule has 2 amide bonds. The lowest BCUT2D eigenvalue weighted by molar-refractivity contribution is -0.144. The van der Waals surface area contributed by atoms with E-state index in [0.717, 1.165) is 5.56 Å². The van der Waals surface area contributed by atoms with Gasteiger partial charge in [-0.25, -0.2) is 4.79 Å². The normalized spacial score (nSPS) is 16.8. The monoisotopic (exact) mass is 282 g/mol. The summed E-state index contributed by atoms with van der Waals surface area (Å²) in [6.45, 7) is 3.38. The summed E-state index contributed by atoms with van der Waals surface area (Å²) in [5, 5.41) is 12.9. The average Bonchev–Trinajstić information content (AvgIpc) is 2.79. The molecule has 0 radical (unpaired) electrons. The van der Waals surface area contributed by atoms with Crippen molar-refractivity contribution >= 4 is 23.3 Å². The van der Waals surface area contributed by atoms with E-state index in [1.165, 1.54) is 0 Å². The summed E-state index contributed by atoms with van der Waals surface area (Å²) >= 11 is 1.61. The summed E-state index contributed by atoms with van der Waals surface area (Å²) in [6, 6.07) is 1.97. The predicted octanol–water partition coefficient (Wildman–Crippen LogP) is 1.95. The lowest BCUT2D eigenvalue weighted by Crippen LogP contribution is -2.56. The van der Waals surface area contributed by atoms with Crippen LogP contribution in [0.5, 0.6) is 0 Å². The average molecular weight is 282 g/mol. The minimum atomic E-state index is -0.788. The zero-order chi connectivity index (χ0) is 14.0. The van der Waals surface area contributed by atoms with Crippen LogP contribution in [0.1, 0.15) is 12.5 Å². The number of likely N-dealkylation sites (tertiary alicyclic amines) is 1. The van der Waals surface area contributed by atoms with Gasteiger partial charge < -0.3 is 14.9 Å². The van der Waals surface area contributed by atoms with Crippen molar-refractivity contribution in [3.8, 4) is 0 Å². The summed E-state index contributed by atoms with van der Waals surface area (Å²) in [5.41, 5.74) is 1.12. The van der Waals surface area contributed by atoms with Crippen molar-refractivity contribution in [2.45, 2.75) is 13.5 Å². The predicted molar refractivity (Wildman–Crippen MR) is 73.0 cm³/mol. The molecule has 0 aliphatic carbocycles. The van der Waals surface area contributed by atoms with Crippen molar-refractivity contribution in [1.82, 2.24) is 9.80 Å². The van der Waals surface area contributed by atoms with Crippen molar-refractivity contribution in [3.63, 3.8) is 0 Å². The van der Waals surface area contributed by atoms with Crippen molar-refractivity contribution < 1.29 is 14.7 Å². The number of carboxylic acid groups (broad SMARTS) is 1. The first-order valence-electron chi connectivity index (χ1n) is 6.23. The number of amides is 2. The highest BCUT2D eigenvalue weighted by Gasteiger charge is 2.38. The summed E-state index contributed by atoms with van der Waals surface area (Å²) in [7, 11) is 1.77. The number of thiophene rings is 1. The van der Waals surface area contributed by atoms with Gasteiger partial charge in [-0.05, 0) is 22.4 Å². The summed E-state index contributed by atoms with van der Waals surface area (Å²) in [6.07, 6.45) is 0. The number of hydrogen-bond acceptors (Lipinski definition) is 3. The number of urea groups is 1. The fraction of sp³-hybridized carbons (Fsp3) is 0.538. The van der Waals surface area contributed by atoms with Gasteiger partial charge in [-0.1, -0.05) is 6.92 Å². The van der Waals surface area contributed by atoms with Gasteiger partial charge in [0, 0.05) is 32.6 Å². The van der Waals surface area contributed by atoms with Crippen LogP contribution in [-0.2, 0) is 11.3 Å². The Kier molecular flexibility index (Phi) is 4.09. The molecule has 0 saturated carbocycles. The van der Waals surface area contributed by atoms with E-state index in [0.29, 0.717) is 19.6 Å². The Bertz CT molecular complexity index is 454. The minimum absolute atomic E-state index is 0.0277. The van der Waals surface area contributed by atoms with E-state index >= 15 is 0 Å². The number of rotatable bonds is 4. The van der Waals surface area contributed by atoms with Gasteiger partial charge in [-0.2, -0.15) is 11.3 Å². The quantitative estimate of drug-likeness (QED) is 0.918. The van der Waals surface area contributed by atoms with Gasteiger partial charge in [-0.15, -0.1) is 0 Å². The van der Waals surface area contributed by atoms with E-state index in [2.05, 4.69) is 0 Å². The number of nitrogens with zero attached hydrogens (tertiary/aromatic N) is 2. The molecule has 1 aliphatic heterocycles. The van der Waals surface area contributed by atoms with Crippen molar-refractivity contribution in [1.29, 1.82) is 0 Å². The van der Waals surface area contributed by atoms with Crippen LogP contribution in [0.3, 0.4) is 0 Å². The first-order valence-corrected chi connectivity index (χ1v) is 7.17. The first kappa shape index (κ1) is 13.9. The molecular formula is C13H18N2O3S. The van der Waals surface area contributed by atoms with Crippen LogP contribution in [0.2, 0.25) is 0 Å². The smallest absolute Gasteiger partial charge is 0.320 e. The number of carbonyl (C=O) groups excluding carboxylic acids is 1. The second-order valence-corrected chi connectivity index (χ2v) is 5.84. The Morgan fingerprint density at radius 2 is 2.26 bits per heavy atom. The number of carboxylic acids is 1. The molecule has 2 rings (SSSR count). The van der Waals surface area contributed by atoms with Gasteiger partial charge in [0.05, 0.1) is 5.92 Å². The van der Waals surface area contributed by atoms with Crippen molar-refractivity contribution in [2.75, 3.05) is 20.1 Å². The third kappa shape index (κ3) is 3.07. The van der Waals surface area contributed by atoms with E-state index in [1.54, 1.807) is 35.1 Å². The Balaban J connectivity index is 1.81. The van der Waals surface area contributed by atoms with Crippen LogP contribution in [-0.4, -0.2) is 47.0 Å². The largest absolute Gasteiger partial charge is 0.481 e. The SMILES string of the molecule is CC(C(=O)O)C1CN(C(=O)N(C)Cc2ccsc2)C1. The van der Waals surface area contributed by atoms with Crippen molar-refractivity contribution in [3.05, 3.63) is 22.4 Å². The molecular weight excluding hydrogens is 264 g/mol. The van der Waals surface area contributed by atoms with E-state index in [-0.39, 0.29) is 17.9 Å². The van der Waals surface area contributed by atoms with Crippen LogP contribution < -0.4 is 0 Å². The second-order valence-electron chi connectivity index (χ2n) is 5.06. The molecule has 1 saturated heterocycles. The molecule has 1 aromatic rings. The Labute approximate surface area is 116 Å². The van der Waals surface area contributed by atoms with Gasteiger partial charge in [0.1, 0.15) is 0 Å². The molecule has 6 heteroatoms. The highest BCUT2D eigenvalue weighted by Crippen LogP contribution is 2.25. The Hall–Kier alpha value is -1.56. The van der Waals surface area contributed by atoms with E-state index < -0.39 is 5.97 Å². The molecule has 0 bridgehead atoms. The molecule has 0 spiro atoms. The molecule has 1 N–H and O–H groups in total. The van der Waals surface area contributed by atoms with Gasteiger partial charge in [0.15, 0.2) is 0 Å². The summed E-state index contributed by atoms with van der Waals surface area (Å²) < 4.78 is 0. The fourth-order valence-electron chi connectivity index (χ4n) is 2.15. The maximum Gasteiger partial charge on any atom is 0.320 e. The maximum absolute atomic E-state index is 12.1. The molecule has 1 fully saturated rings. The zero-order valence-corrected chi connectivity index (χ0v) is 11.9. The topological polar surface area (TPSA) is 60.9 Å². The molecule has 0 aromatic carbocycles. The summed E-state index contributed by atoms with van der Waals surface area (Å²) in [5.74, 6) is -1.09. The molecule has 1 aromatic heterocycles. The van der Waals surface area contributed by atoms with Crippen LogP contribution >= 0.6 is 11.3 Å². The number of aliphatic carboxylic acids is 1. The highest BCUT2D eigenvalue weighted by atomic mass is 32.1. The molecule has 19 heavy (non-hydrogen) atoms. The maximum atomic E-state index is 12.1. The van der Waals surface area contributed by atoms with Crippen LogP contribution in [0.4, 0.5) is 4.79 Å². The van der Waals surface area contributed by atoms with Gasteiger partial charge in [-0.3, -0.25) is 4.79 Å². The molecule has 5 nitrogen and oxygen atoms in total. The van der Waals surface area contributed by atoms with Crippen molar-refractivity contribution in [2.24, 2.45) is 11.8 Å². The zero-order valence-electron chi connectivity index (χ0n) is 11.1. The lowest BCUT2D eigenvalue weighted by Gasteiger charge is -2.42. The van der Waals surface area contributed by atoms with E-state index in [1.807, 2.05) is 16.8 Å². The fourth-order valence-corrected chi connectivity index (χ4v) is 2.81. The van der Waals surface area contributed by atoms with E-state index in [9.17, 15) is 9.59 Å². The molecule has 1 atom stereocenters. The standard InChI is InChI=1S/C13H18N2O3S/c1-9(12(16)17)11-6-15(7-11)13(18)14(2)5-10-3-4-19-8-10/h3-4,8-9,11H,5-7H2,1-2H3,(H,16,17). The number of carbonyl (C=O) groups is 2. The summed E-state index contributed by atoms with van der Waals surface area (Å²) in [4.78, 5) is 26.3. The third-order valence-corrected chi connectivity index (χ3v) is 4.34. The Morgan fingerprint density at radius 1 is 1.58 bits per heavy atom. The first-order chi connectivity index (χ1) is 8.99. The second kappa shape index (κ2) is 5.61. The van der Waals surface area contributed by atoms with Gasteiger partial charge in [0.2, 0.25) is 0 Å². The van der Waals surface area contributed by atoms with E-state index in [4.69, 9.17) is 5.11 Å². The molecule has 2 heterocycles. The van der Waals surface area contributed by atoms with Crippen LogP contribution in [0.15, 0.2) is 16.8 Å². The van der Waals surface area contributed by atoms with Crippen LogP contribution in [0.25, 0.3) is 0 Å². The number of hydrogen-bond donors (Lipinski definition) is 1. The third-order valence-electron chi connectivity index (χ3n) is 3.60. The highest BCUT2D eigenvalue weighted by molar-refractivity contribution is 7.07. The lowest BCUT2D eigenvalue weighted by atomic mass is 9.87. The molecule has 104 valence electrons. The van der Waals surface area contributed by atoms with Gasteiger partial charge >= 0.3 is 12.0 Å². The minimum Gasteiger partial charge on any atom is -0.481 e. The van der Waals surface area contributed by atoms with Gasteiger partial charge in [0.25, 0.3) is 0 Å². The molecule has 1 unspecified atom stereocenters.